The van der Waals surface area contributed by atoms with Gasteiger partial charge in [-0.3, -0.25) is 4.79 Å². The van der Waals surface area contributed by atoms with Crippen LogP contribution in [0.1, 0.15) is 24.2 Å². The van der Waals surface area contributed by atoms with Gasteiger partial charge in [0.05, 0.1) is 0 Å². The Morgan fingerprint density at radius 1 is 1.35 bits per heavy atom. The molecule has 0 aromatic heterocycles. The number of carbonyl (C=O) groups excluding carboxylic acids is 1. The van der Waals surface area contributed by atoms with Gasteiger partial charge in [0.1, 0.15) is 12.2 Å². The molecule has 17 heavy (non-hydrogen) atoms. The molecule has 4 nitrogen and oxygen atoms in total. The van der Waals surface area contributed by atoms with E-state index < -0.39 is 12.2 Å². The lowest BCUT2D eigenvalue weighted by Gasteiger charge is -2.18. The third-order valence-corrected chi connectivity index (χ3v) is 3.05. The van der Waals surface area contributed by atoms with Crippen molar-refractivity contribution in [2.24, 2.45) is 0 Å². The van der Waals surface area contributed by atoms with Crippen LogP contribution < -0.4 is 5.32 Å². The summed E-state index contributed by atoms with van der Waals surface area (Å²) in [6.45, 7) is 1.40. The van der Waals surface area contributed by atoms with Crippen molar-refractivity contribution < 1.29 is 15.0 Å². The smallest absolute Gasteiger partial charge is 0.216 e. The zero-order valence-corrected chi connectivity index (χ0v) is 11.1. The lowest BCUT2D eigenvalue weighted by atomic mass is 10.0. The summed E-state index contributed by atoms with van der Waals surface area (Å²) in [4.78, 5) is 10.7. The molecule has 5 heteroatoms. The van der Waals surface area contributed by atoms with E-state index in [4.69, 9.17) is 0 Å². The number of nitrogens with one attached hydrogen (secondary N) is 1. The fraction of sp³-hybridized carbons (Fsp3) is 0.417. The molecule has 0 saturated heterocycles. The number of halogens is 1. The second-order valence-corrected chi connectivity index (χ2v) is 4.39. The maximum absolute atomic E-state index is 10.7. The Bertz CT molecular complexity index is 367. The summed E-state index contributed by atoms with van der Waals surface area (Å²) in [5.41, 5.74) is 1.73. The van der Waals surface area contributed by atoms with E-state index in [-0.39, 0.29) is 12.5 Å². The summed E-state index contributed by atoms with van der Waals surface area (Å²) in [5, 5.41) is 22.7. The van der Waals surface area contributed by atoms with Crippen LogP contribution in [0, 0.1) is 0 Å². The van der Waals surface area contributed by atoms with Crippen molar-refractivity contribution in [2.75, 3.05) is 6.54 Å². The van der Waals surface area contributed by atoms with Gasteiger partial charge in [-0.15, -0.1) is 0 Å². The molecule has 1 aromatic rings. The Morgan fingerprint density at radius 2 is 1.94 bits per heavy atom. The van der Waals surface area contributed by atoms with E-state index >= 15 is 0 Å². The maximum Gasteiger partial charge on any atom is 0.216 e. The molecule has 2 atom stereocenters. The van der Waals surface area contributed by atoms with Gasteiger partial charge in [0.15, 0.2) is 0 Å². The average Bonchev–Trinajstić information content (AvgIpc) is 2.35. The topological polar surface area (TPSA) is 69.6 Å². The zero-order valence-electron chi connectivity index (χ0n) is 9.56. The van der Waals surface area contributed by atoms with Crippen LogP contribution in [0.5, 0.6) is 0 Å². The molecule has 0 aliphatic rings. The zero-order chi connectivity index (χ0) is 12.8. The van der Waals surface area contributed by atoms with Gasteiger partial charge in [-0.05, 0) is 11.1 Å². The molecule has 1 aromatic carbocycles. The minimum absolute atomic E-state index is 0.0384. The third-order valence-electron chi connectivity index (χ3n) is 2.40. The molecular formula is C12H16BrNO3. The molecule has 0 saturated carbocycles. The van der Waals surface area contributed by atoms with Gasteiger partial charge in [-0.1, -0.05) is 40.2 Å². The fourth-order valence-corrected chi connectivity index (χ4v) is 1.76. The van der Waals surface area contributed by atoms with E-state index in [1.807, 2.05) is 12.1 Å². The van der Waals surface area contributed by atoms with Crippen molar-refractivity contribution in [2.45, 2.75) is 24.5 Å². The van der Waals surface area contributed by atoms with Gasteiger partial charge in [0.2, 0.25) is 5.91 Å². The van der Waals surface area contributed by atoms with Crippen molar-refractivity contribution >= 4 is 21.8 Å². The van der Waals surface area contributed by atoms with Crippen molar-refractivity contribution in [1.29, 1.82) is 0 Å². The molecule has 2 unspecified atom stereocenters. The van der Waals surface area contributed by atoms with Crippen molar-refractivity contribution in [3.8, 4) is 0 Å². The van der Waals surface area contributed by atoms with Crippen LogP contribution in [0.15, 0.2) is 24.3 Å². The number of benzene rings is 1. The first-order valence-corrected chi connectivity index (χ1v) is 6.42. The number of rotatable bonds is 5. The standard InChI is InChI=1S/C12H16BrNO3/c1-8(15)14-7-11(16)12(17)10-4-2-9(6-13)3-5-10/h2-5,11-12,16-17H,6-7H2,1H3,(H,14,15). The van der Waals surface area contributed by atoms with Crippen LogP contribution in [-0.2, 0) is 10.1 Å². The molecule has 0 heterocycles. The Labute approximate surface area is 109 Å². The number of hydrogen-bond donors (Lipinski definition) is 3. The SMILES string of the molecule is CC(=O)NCC(O)C(O)c1ccc(CBr)cc1. The van der Waals surface area contributed by atoms with Crippen molar-refractivity contribution in [1.82, 2.24) is 5.32 Å². The Balaban J connectivity index is 2.60. The van der Waals surface area contributed by atoms with Crippen molar-refractivity contribution in [3.63, 3.8) is 0 Å². The van der Waals surface area contributed by atoms with Gasteiger partial charge in [-0.2, -0.15) is 0 Å². The highest BCUT2D eigenvalue weighted by molar-refractivity contribution is 9.08. The summed E-state index contributed by atoms with van der Waals surface area (Å²) in [5.74, 6) is -0.231. The molecule has 0 bridgehead atoms. The predicted octanol–water partition coefficient (Wildman–Crippen LogP) is 1.11. The molecule has 0 spiro atoms. The summed E-state index contributed by atoms with van der Waals surface area (Å²) in [6, 6.07) is 7.27. The highest BCUT2D eigenvalue weighted by Gasteiger charge is 2.18. The molecule has 1 rings (SSSR count). The van der Waals surface area contributed by atoms with E-state index in [9.17, 15) is 15.0 Å². The fourth-order valence-electron chi connectivity index (χ4n) is 1.39. The lowest BCUT2D eigenvalue weighted by Crippen LogP contribution is -2.34. The van der Waals surface area contributed by atoms with Crippen LogP contribution >= 0.6 is 15.9 Å². The van der Waals surface area contributed by atoms with E-state index in [1.54, 1.807) is 12.1 Å². The number of alkyl halides is 1. The molecule has 0 radical (unpaired) electrons. The van der Waals surface area contributed by atoms with Crippen LogP contribution in [0.3, 0.4) is 0 Å². The highest BCUT2D eigenvalue weighted by atomic mass is 79.9. The molecule has 0 aliphatic heterocycles. The second-order valence-electron chi connectivity index (χ2n) is 3.82. The largest absolute Gasteiger partial charge is 0.388 e. The van der Waals surface area contributed by atoms with E-state index in [2.05, 4.69) is 21.2 Å². The number of hydrogen-bond acceptors (Lipinski definition) is 3. The normalized spacial score (nSPS) is 14.1. The van der Waals surface area contributed by atoms with Gasteiger partial charge in [-0.25, -0.2) is 0 Å². The summed E-state index contributed by atoms with van der Waals surface area (Å²) >= 11 is 3.33. The quantitative estimate of drug-likeness (QED) is 0.714. The number of amides is 1. The van der Waals surface area contributed by atoms with E-state index in [0.29, 0.717) is 5.56 Å². The Kier molecular flexibility index (Phi) is 5.61. The summed E-state index contributed by atoms with van der Waals surface area (Å²) in [7, 11) is 0. The number of carbonyl (C=O) groups is 1. The Hall–Kier alpha value is -0.910. The number of aliphatic hydroxyl groups excluding tert-OH is 2. The first-order chi connectivity index (χ1) is 8.04. The third kappa shape index (κ3) is 4.46. The molecular weight excluding hydrogens is 286 g/mol. The van der Waals surface area contributed by atoms with Gasteiger partial charge in [0, 0.05) is 18.8 Å². The van der Waals surface area contributed by atoms with Crippen LogP contribution in [-0.4, -0.2) is 28.8 Å². The minimum Gasteiger partial charge on any atom is -0.388 e. The second kappa shape index (κ2) is 6.74. The Morgan fingerprint density at radius 3 is 2.41 bits per heavy atom. The average molecular weight is 302 g/mol. The van der Waals surface area contributed by atoms with Gasteiger partial charge < -0.3 is 15.5 Å². The molecule has 0 aliphatic carbocycles. The van der Waals surface area contributed by atoms with Crippen LogP contribution in [0.2, 0.25) is 0 Å². The van der Waals surface area contributed by atoms with Crippen molar-refractivity contribution in [3.05, 3.63) is 35.4 Å². The predicted molar refractivity (Wildman–Crippen MR) is 68.7 cm³/mol. The van der Waals surface area contributed by atoms with Gasteiger partial charge in [0.25, 0.3) is 0 Å². The van der Waals surface area contributed by atoms with Crippen LogP contribution in [0.25, 0.3) is 0 Å². The highest BCUT2D eigenvalue weighted by Crippen LogP contribution is 2.18. The molecule has 94 valence electrons. The van der Waals surface area contributed by atoms with Crippen LogP contribution in [0.4, 0.5) is 0 Å². The minimum atomic E-state index is -1.01. The summed E-state index contributed by atoms with van der Waals surface area (Å²) < 4.78 is 0. The molecule has 0 fully saturated rings. The summed E-state index contributed by atoms with van der Waals surface area (Å²) in [6.07, 6.45) is -2.00. The first-order valence-electron chi connectivity index (χ1n) is 5.30. The monoisotopic (exact) mass is 301 g/mol. The molecule has 1 amide bonds. The molecule has 3 N–H and O–H groups in total. The lowest BCUT2D eigenvalue weighted by molar-refractivity contribution is -0.119. The van der Waals surface area contributed by atoms with E-state index in [1.165, 1.54) is 6.92 Å². The first kappa shape index (κ1) is 14.2. The maximum atomic E-state index is 10.7. The van der Waals surface area contributed by atoms with E-state index in [0.717, 1.165) is 10.9 Å². The number of aliphatic hydroxyl groups is 2. The van der Waals surface area contributed by atoms with Gasteiger partial charge >= 0.3 is 0 Å².